The van der Waals surface area contributed by atoms with E-state index in [1.54, 1.807) is 81.5 Å². The molecule has 0 radical (unpaired) electrons. The third-order valence-electron chi connectivity index (χ3n) is 21.7. The first kappa shape index (κ1) is 91.8. The number of piperazine rings is 1. The van der Waals surface area contributed by atoms with Crippen molar-refractivity contribution in [2.75, 3.05) is 93.0 Å². The number of rotatable bonds is 43. The number of benzene rings is 2. The lowest BCUT2D eigenvalue weighted by molar-refractivity contribution is -0.143. The Morgan fingerprint density at radius 2 is 1.44 bits per heavy atom. The predicted octanol–water partition coefficient (Wildman–Crippen LogP) is 9.91. The van der Waals surface area contributed by atoms with Gasteiger partial charge in [-0.3, -0.25) is 52.8 Å². The van der Waals surface area contributed by atoms with Gasteiger partial charge in [-0.1, -0.05) is 125 Å². The summed E-state index contributed by atoms with van der Waals surface area (Å²) in [5.74, 6) is -4.65. The highest BCUT2D eigenvalue weighted by molar-refractivity contribution is 7.09. The molecule has 1 aromatic heterocycles. The van der Waals surface area contributed by atoms with Gasteiger partial charge in [-0.2, -0.15) is 0 Å². The number of carbonyl (C=O) groups is 12. The summed E-state index contributed by atoms with van der Waals surface area (Å²) < 4.78 is 17.6. The summed E-state index contributed by atoms with van der Waals surface area (Å²) in [4.78, 5) is 172. The van der Waals surface area contributed by atoms with Crippen molar-refractivity contribution in [1.82, 2.24) is 45.0 Å². The lowest BCUT2D eigenvalue weighted by Crippen LogP contribution is -2.50. The summed E-state index contributed by atoms with van der Waals surface area (Å²) >= 11 is 1.58. The maximum absolute atomic E-state index is 14.2. The minimum absolute atomic E-state index is 0.0102. The summed E-state index contributed by atoms with van der Waals surface area (Å²) in [5.41, 5.74) is 7.05. The second-order valence-corrected chi connectivity index (χ2v) is 31.9. The molecule has 1 unspecified atom stereocenters. The first-order valence-corrected chi connectivity index (χ1v) is 39.7. The van der Waals surface area contributed by atoms with Gasteiger partial charge in [0.2, 0.25) is 35.6 Å². The smallest absolute Gasteiger partial charge is 0.411 e. The maximum atomic E-state index is 14.2. The van der Waals surface area contributed by atoms with Crippen LogP contribution in [0, 0.1) is 47.3 Å². The van der Waals surface area contributed by atoms with Gasteiger partial charge in [0.05, 0.1) is 29.6 Å². The number of nitrogens with two attached hydrogens (primary N) is 1. The van der Waals surface area contributed by atoms with Crippen LogP contribution in [-0.2, 0) is 63.8 Å². The molecule has 2 aromatic carbocycles. The van der Waals surface area contributed by atoms with E-state index in [0.717, 1.165) is 30.7 Å². The van der Waals surface area contributed by atoms with Crippen molar-refractivity contribution in [1.29, 1.82) is 0 Å². The number of Topliss-reactive ketones (excluding diaryl/α,β-unsaturated/α-hetero) is 4. The van der Waals surface area contributed by atoms with Crippen molar-refractivity contribution in [3.05, 3.63) is 82.3 Å². The van der Waals surface area contributed by atoms with Gasteiger partial charge in [0.25, 0.3) is 5.91 Å². The van der Waals surface area contributed by atoms with Gasteiger partial charge in [-0.15, -0.1) is 11.3 Å². The largest absolute Gasteiger partial charge is 0.431 e. The number of ketones is 4. The quantitative estimate of drug-likeness (QED) is 0.0260. The number of hydrogen-bond acceptors (Lipinski definition) is 19. The zero-order valence-electron chi connectivity index (χ0n) is 68.8. The van der Waals surface area contributed by atoms with Crippen molar-refractivity contribution >= 4 is 87.7 Å². The molecule has 109 heavy (non-hydrogen) atoms. The zero-order chi connectivity index (χ0) is 82.1. The Labute approximate surface area is 653 Å². The van der Waals surface area contributed by atoms with E-state index in [-0.39, 0.29) is 152 Å². The first-order valence-electron chi connectivity index (χ1n) is 39.8. The van der Waals surface area contributed by atoms with Crippen LogP contribution in [0.2, 0.25) is 0 Å². The minimum atomic E-state index is -1.40. The highest BCUT2D eigenvalue weighted by Gasteiger charge is 2.43. The molecule has 3 fully saturated rings. The van der Waals surface area contributed by atoms with Crippen molar-refractivity contribution in [3.63, 3.8) is 0 Å². The van der Waals surface area contributed by atoms with E-state index in [1.807, 2.05) is 70.4 Å². The van der Waals surface area contributed by atoms with Gasteiger partial charge < -0.3 is 60.8 Å². The van der Waals surface area contributed by atoms with Crippen LogP contribution in [0.15, 0.2) is 66.2 Å². The molecule has 3 aromatic rings. The third-order valence-corrected chi connectivity index (χ3v) is 22.6. The fraction of sp³-hybridized carbons (Fsp3) is 0.671. The predicted molar refractivity (Wildman–Crippen MR) is 423 cm³/mol. The highest BCUT2D eigenvalue weighted by atomic mass is 32.1. The van der Waals surface area contributed by atoms with E-state index in [1.165, 1.54) is 36.7 Å². The number of aromatic nitrogens is 1. The van der Waals surface area contributed by atoms with Crippen molar-refractivity contribution in [2.45, 2.75) is 222 Å². The molecular weight excluding hydrogens is 1410 g/mol. The average Bonchev–Trinajstić information content (AvgIpc) is 1.48. The molecule has 3 saturated heterocycles. The molecule has 12 atom stereocenters. The van der Waals surface area contributed by atoms with Crippen LogP contribution in [0.1, 0.15) is 202 Å². The Kier molecular flexibility index (Phi) is 39.3. The van der Waals surface area contributed by atoms with E-state index >= 15 is 0 Å². The number of urea groups is 1. The second-order valence-electron chi connectivity index (χ2n) is 31.0. The fourth-order valence-corrected chi connectivity index (χ4v) is 15.9. The van der Waals surface area contributed by atoms with Gasteiger partial charge in [0.1, 0.15) is 11.6 Å². The molecule has 26 nitrogen and oxygen atoms in total. The van der Waals surface area contributed by atoms with E-state index < -0.39 is 54.0 Å². The summed E-state index contributed by atoms with van der Waals surface area (Å²) in [6.45, 7) is 21.6. The number of unbranched alkanes of at least 4 members (excludes halogenated alkanes) is 2. The molecule has 9 amide bonds. The molecule has 3 aliphatic rings. The lowest BCUT2D eigenvalue weighted by atomic mass is 9.80. The third kappa shape index (κ3) is 28.8. The van der Waals surface area contributed by atoms with Crippen molar-refractivity contribution in [2.24, 2.45) is 53.1 Å². The fourth-order valence-electron chi connectivity index (χ4n) is 15.2. The molecule has 0 bridgehead atoms. The number of likely N-dealkylation sites (N-methyl/N-ethyl adjacent to an activating group) is 3. The van der Waals surface area contributed by atoms with Gasteiger partial charge in [0, 0.05) is 171 Å². The molecule has 4 heterocycles. The molecule has 0 spiro atoms. The van der Waals surface area contributed by atoms with Crippen LogP contribution < -0.4 is 21.7 Å². The molecule has 608 valence electrons. The van der Waals surface area contributed by atoms with Crippen molar-refractivity contribution in [3.8, 4) is 0 Å². The number of hydrogen-bond donors (Lipinski definition) is 5. The molecule has 6 N–H and O–H groups in total. The molecule has 3 aliphatic heterocycles. The zero-order valence-corrected chi connectivity index (χ0v) is 68.6. The number of anilines is 1. The number of aliphatic hydroxyl groups excluding tert-OH is 1. The van der Waals surface area contributed by atoms with E-state index in [2.05, 4.69) is 56.7 Å². The molecule has 27 heteroatoms. The van der Waals surface area contributed by atoms with Crippen LogP contribution in [0.5, 0.6) is 0 Å². The number of aliphatic hydroxyl groups is 1. The Morgan fingerprint density at radius 1 is 0.789 bits per heavy atom. The average molecular weight is 1540 g/mol. The Morgan fingerprint density at radius 3 is 1.99 bits per heavy atom. The number of likely N-dealkylation sites (tertiary alicyclic amines) is 2. The topological polar surface area (TPSA) is 338 Å². The number of thiazole rings is 1. The van der Waals surface area contributed by atoms with Gasteiger partial charge in [-0.25, -0.2) is 14.6 Å². The monoisotopic (exact) mass is 1540 g/mol. The molecule has 0 saturated carbocycles. The van der Waals surface area contributed by atoms with Gasteiger partial charge >= 0.3 is 12.1 Å². The maximum Gasteiger partial charge on any atom is 0.411 e. The summed E-state index contributed by atoms with van der Waals surface area (Å²) in [6, 6.07) is 13.8. The second kappa shape index (κ2) is 46.7. The number of ether oxygens (including phenoxy) is 2. The number of nitrogens with zero attached hydrogens (tertiary/aromatic N) is 7. The summed E-state index contributed by atoms with van der Waals surface area (Å²) in [7, 11) is 10.4. The SMILES string of the molecule is CC(=O)[C@@H](CC(=O)[C@H](C(C)C)N(C)C(=O)OC(C(=O)N1CCN(C)CC1)c1ccc(NC(=O)[C@H](CCCNC(N)=O)CC(=O)[C@@H](NC(=O)CCCCCN2C(=O)CCC2=O)C(C)C)cc1)C(C)C.CC[C@H](C)[C@@H]([C@@H](CC(=O)N1CCC[C@H]1[C@H](CO)[C@@H](C)C(=O)C[C@@H](Cc1ccccc1)c1nccs1)OC)N(C)C.[3H]C. The highest BCUT2D eigenvalue weighted by Crippen LogP contribution is 2.36. The number of carbonyl (C=O) groups excluding carboxylic acids is 12. The van der Waals surface area contributed by atoms with Crippen LogP contribution >= 0.6 is 11.3 Å². The molecule has 6 rings (SSSR count). The lowest BCUT2D eigenvalue weighted by Gasteiger charge is -2.38. The minimum Gasteiger partial charge on any atom is -0.431 e. The Hall–Kier alpha value is -7.85. The number of amides is 9. The van der Waals surface area contributed by atoms with Crippen LogP contribution in [0.4, 0.5) is 15.3 Å². The number of nitrogens with one attached hydrogen (secondary N) is 3. The molecular formula is C82H129N11O15S. The Bertz CT molecular complexity index is 3400. The van der Waals surface area contributed by atoms with E-state index in [9.17, 15) is 62.6 Å². The number of methoxy groups -OCH3 is 1. The van der Waals surface area contributed by atoms with Crippen LogP contribution in [0.25, 0.3) is 0 Å². The normalized spacial score (nSPS) is 17.8. The summed E-state index contributed by atoms with van der Waals surface area (Å²) in [6.07, 6.45) is 5.83. The number of primary amides is 1. The number of imide groups is 1. The summed E-state index contributed by atoms with van der Waals surface area (Å²) in [5, 5.41) is 21.6. The van der Waals surface area contributed by atoms with Gasteiger partial charge in [-0.05, 0) is 114 Å². The standard InChI is InChI=1S/C49H76N8O11.C32H49N3O4S.CH4/c1-30(2)37(33(7)58)29-39(60)44(32(5)6)55(9)49(67)68-45(47(65)56-26-24-54(8)25-27-56)34-16-18-36(19-17-34)52-46(64)35(14-13-22-51-48(50)66)28-38(59)43(31(3)4)53-40(61)15-11-10-12-23-57-41(62)20-21-42(57)63;1-7-22(2)31(34(4)5)29(39-6)20-30(38)35-16-11-14-27(35)26(21-36)23(3)28(37)19-25(32-33-15-17-40-32)18-24-12-9-8-10-13-24;/h16-19,30-32,35,37,43-45H,10-15,20-29H2,1-9H3,(H,52,64)(H,53,61)(H3,50,51,66);8-10,12-13,15,17,22-23,25-27,29,31,36H,7,11,14,16,18-21H2,1-6H3;1H4/t35-,37+,43+,44+,45?;22-,23+,25+,26+,27-,29+,31-;/m10./s1/i;;1T. The molecule has 0 aliphatic carbocycles. The van der Waals surface area contributed by atoms with Crippen LogP contribution in [-0.4, -0.2) is 228 Å². The van der Waals surface area contributed by atoms with E-state index in [0.29, 0.717) is 95.0 Å². The van der Waals surface area contributed by atoms with Gasteiger partial charge in [0.15, 0.2) is 11.6 Å². The Balaban J connectivity index is 0.000000514. The first-order chi connectivity index (χ1) is 52.2. The van der Waals surface area contributed by atoms with E-state index in [4.69, 9.17) is 16.6 Å². The van der Waals surface area contributed by atoms with Crippen molar-refractivity contribution < 1.29 is 73.5 Å². The van der Waals surface area contributed by atoms with Crippen LogP contribution in [0.3, 0.4) is 0 Å².